The molecule has 1 aromatic carbocycles. The van der Waals surface area contributed by atoms with Gasteiger partial charge in [0.25, 0.3) is 5.91 Å². The first kappa shape index (κ1) is 13.5. The van der Waals surface area contributed by atoms with Crippen molar-refractivity contribution >= 4 is 40.1 Å². The number of rotatable bonds is 4. The summed E-state index contributed by atoms with van der Waals surface area (Å²) in [5.41, 5.74) is 5.72. The minimum atomic E-state index is -0.236. The number of ether oxygens (including phenoxy) is 1. The van der Waals surface area contributed by atoms with Crippen LogP contribution in [0.25, 0.3) is 0 Å². The van der Waals surface area contributed by atoms with Crippen molar-refractivity contribution in [2.75, 3.05) is 20.2 Å². The van der Waals surface area contributed by atoms with Crippen LogP contribution in [0.5, 0.6) is 5.75 Å². The van der Waals surface area contributed by atoms with E-state index in [4.69, 9.17) is 22.1 Å². The van der Waals surface area contributed by atoms with E-state index in [0.29, 0.717) is 29.4 Å². The zero-order valence-electron chi connectivity index (χ0n) is 8.72. The van der Waals surface area contributed by atoms with Crippen LogP contribution in [0.2, 0.25) is 5.02 Å². The van der Waals surface area contributed by atoms with Crippen molar-refractivity contribution in [2.45, 2.75) is 0 Å². The van der Waals surface area contributed by atoms with Crippen molar-refractivity contribution in [3.8, 4) is 5.75 Å². The van der Waals surface area contributed by atoms with Crippen LogP contribution in [0.4, 0.5) is 0 Å². The molecule has 88 valence electrons. The predicted octanol–water partition coefficient (Wildman–Crippen LogP) is 1.64. The highest BCUT2D eigenvalue weighted by Crippen LogP contribution is 2.28. The third-order valence-electron chi connectivity index (χ3n) is 1.92. The first-order valence-corrected chi connectivity index (χ1v) is 6.07. The number of benzene rings is 1. The molecule has 0 aliphatic heterocycles. The topological polar surface area (TPSA) is 64.3 Å². The summed E-state index contributed by atoms with van der Waals surface area (Å²) in [5, 5.41) is 3.19. The van der Waals surface area contributed by atoms with E-state index in [1.165, 1.54) is 7.11 Å². The Hall–Kier alpha value is -0.530. The van der Waals surface area contributed by atoms with Crippen LogP contribution in [0.15, 0.2) is 12.1 Å². The lowest BCUT2D eigenvalue weighted by atomic mass is 10.2. The smallest absolute Gasteiger partial charge is 0.255 e. The molecule has 1 aromatic rings. The van der Waals surface area contributed by atoms with E-state index in [1.54, 1.807) is 12.1 Å². The lowest BCUT2D eigenvalue weighted by Crippen LogP contribution is -2.29. The molecule has 0 unspecified atom stereocenters. The van der Waals surface area contributed by atoms with Gasteiger partial charge in [-0.3, -0.25) is 4.79 Å². The number of nitrogens with two attached hydrogens (primary N) is 1. The molecule has 0 radical (unpaired) electrons. The molecule has 1 amide bonds. The second kappa shape index (κ2) is 6.27. The van der Waals surface area contributed by atoms with Crippen LogP contribution >= 0.6 is 34.2 Å². The first-order chi connectivity index (χ1) is 7.60. The molecular formula is C10H12ClIN2O2. The van der Waals surface area contributed by atoms with Crippen molar-refractivity contribution in [3.63, 3.8) is 0 Å². The van der Waals surface area contributed by atoms with Crippen LogP contribution < -0.4 is 15.8 Å². The molecule has 0 atom stereocenters. The Morgan fingerprint density at radius 2 is 2.31 bits per heavy atom. The van der Waals surface area contributed by atoms with Gasteiger partial charge in [0.05, 0.1) is 17.7 Å². The molecule has 0 aliphatic rings. The van der Waals surface area contributed by atoms with E-state index in [0.717, 1.165) is 3.57 Å². The average molecular weight is 355 g/mol. The summed E-state index contributed by atoms with van der Waals surface area (Å²) >= 11 is 8.03. The van der Waals surface area contributed by atoms with Crippen LogP contribution in [0, 0.1) is 3.57 Å². The number of methoxy groups -OCH3 is 1. The van der Waals surface area contributed by atoms with Crippen LogP contribution in [0.3, 0.4) is 0 Å². The molecule has 0 fully saturated rings. The maximum Gasteiger partial charge on any atom is 0.255 e. The number of carbonyl (C=O) groups is 1. The molecule has 0 spiro atoms. The van der Waals surface area contributed by atoms with Gasteiger partial charge in [-0.25, -0.2) is 0 Å². The summed E-state index contributed by atoms with van der Waals surface area (Å²) in [6, 6.07) is 3.31. The monoisotopic (exact) mass is 354 g/mol. The molecule has 0 saturated carbocycles. The average Bonchev–Trinajstić information content (AvgIpc) is 2.28. The molecule has 1 rings (SSSR count). The first-order valence-electron chi connectivity index (χ1n) is 4.61. The lowest BCUT2D eigenvalue weighted by Gasteiger charge is -2.10. The van der Waals surface area contributed by atoms with Crippen molar-refractivity contribution in [1.82, 2.24) is 5.32 Å². The van der Waals surface area contributed by atoms with E-state index in [2.05, 4.69) is 27.9 Å². The van der Waals surface area contributed by atoms with Gasteiger partial charge in [-0.15, -0.1) is 0 Å². The molecule has 0 aromatic heterocycles. The van der Waals surface area contributed by atoms with Gasteiger partial charge >= 0.3 is 0 Å². The number of nitrogens with one attached hydrogen (secondary N) is 1. The van der Waals surface area contributed by atoms with Gasteiger partial charge in [0.15, 0.2) is 0 Å². The Kier molecular flexibility index (Phi) is 5.30. The fourth-order valence-corrected chi connectivity index (χ4v) is 1.76. The molecule has 4 nitrogen and oxygen atoms in total. The molecule has 16 heavy (non-hydrogen) atoms. The van der Waals surface area contributed by atoms with Crippen molar-refractivity contribution in [1.29, 1.82) is 0 Å². The normalized spacial score (nSPS) is 10.0. The number of hydrogen-bond acceptors (Lipinski definition) is 3. The Balaban J connectivity index is 3.02. The Labute approximate surface area is 113 Å². The van der Waals surface area contributed by atoms with Crippen LogP contribution in [0.1, 0.15) is 10.4 Å². The summed E-state index contributed by atoms with van der Waals surface area (Å²) < 4.78 is 5.97. The summed E-state index contributed by atoms with van der Waals surface area (Å²) in [7, 11) is 1.51. The van der Waals surface area contributed by atoms with Gasteiger partial charge in [-0.1, -0.05) is 11.6 Å². The number of amides is 1. The summed E-state index contributed by atoms with van der Waals surface area (Å²) in [4.78, 5) is 11.7. The summed E-state index contributed by atoms with van der Waals surface area (Å²) in [6.45, 7) is 0.817. The molecule has 0 aliphatic carbocycles. The van der Waals surface area contributed by atoms with E-state index >= 15 is 0 Å². The van der Waals surface area contributed by atoms with Crippen LogP contribution in [-0.4, -0.2) is 26.1 Å². The zero-order valence-corrected chi connectivity index (χ0v) is 11.6. The highest BCUT2D eigenvalue weighted by molar-refractivity contribution is 14.1. The Bertz CT molecular complexity index is 399. The predicted molar refractivity (Wildman–Crippen MR) is 72.1 cm³/mol. The minimum Gasteiger partial charge on any atom is -0.496 e. The van der Waals surface area contributed by atoms with E-state index in [9.17, 15) is 4.79 Å². The van der Waals surface area contributed by atoms with Crippen molar-refractivity contribution in [2.24, 2.45) is 5.73 Å². The largest absolute Gasteiger partial charge is 0.496 e. The SMILES string of the molecule is COc1cc(I)c(Cl)cc1C(=O)NCCN. The van der Waals surface area contributed by atoms with Crippen molar-refractivity contribution < 1.29 is 9.53 Å². The number of carbonyl (C=O) groups excluding carboxylic acids is 1. The van der Waals surface area contributed by atoms with Gasteiger partial charge in [-0.2, -0.15) is 0 Å². The third-order valence-corrected chi connectivity index (χ3v) is 3.44. The molecule has 3 N–H and O–H groups in total. The third kappa shape index (κ3) is 3.23. The highest BCUT2D eigenvalue weighted by atomic mass is 127. The molecule has 6 heteroatoms. The molecule has 0 heterocycles. The van der Waals surface area contributed by atoms with Gasteiger partial charge < -0.3 is 15.8 Å². The number of halogens is 2. The van der Waals surface area contributed by atoms with Gasteiger partial charge in [-0.05, 0) is 34.7 Å². The van der Waals surface area contributed by atoms with E-state index in [-0.39, 0.29) is 5.91 Å². The molecule has 0 saturated heterocycles. The van der Waals surface area contributed by atoms with Gasteiger partial charge in [0.2, 0.25) is 0 Å². The molecule has 0 bridgehead atoms. The standard InChI is InChI=1S/C10H12ClIN2O2/c1-16-9-5-8(12)7(11)4-6(9)10(15)14-3-2-13/h4-5H,2-3,13H2,1H3,(H,14,15). The quantitative estimate of drug-likeness (QED) is 0.808. The van der Waals surface area contributed by atoms with E-state index < -0.39 is 0 Å². The maximum atomic E-state index is 11.7. The van der Waals surface area contributed by atoms with E-state index in [1.807, 2.05) is 0 Å². The zero-order chi connectivity index (χ0) is 12.1. The maximum absolute atomic E-state index is 11.7. The second-order valence-electron chi connectivity index (χ2n) is 3.01. The van der Waals surface area contributed by atoms with Crippen LogP contribution in [-0.2, 0) is 0 Å². The summed E-state index contributed by atoms with van der Waals surface area (Å²) in [6.07, 6.45) is 0. The van der Waals surface area contributed by atoms with Gasteiger partial charge in [0, 0.05) is 16.7 Å². The Morgan fingerprint density at radius 1 is 1.62 bits per heavy atom. The van der Waals surface area contributed by atoms with Crippen molar-refractivity contribution in [3.05, 3.63) is 26.3 Å². The fraction of sp³-hybridized carbons (Fsp3) is 0.300. The number of hydrogen-bond donors (Lipinski definition) is 2. The minimum absolute atomic E-state index is 0.236. The highest BCUT2D eigenvalue weighted by Gasteiger charge is 2.14. The fourth-order valence-electron chi connectivity index (χ4n) is 1.16. The summed E-state index contributed by atoms with van der Waals surface area (Å²) in [5.74, 6) is 0.268. The molecular weight excluding hydrogens is 342 g/mol. The Morgan fingerprint density at radius 3 is 2.88 bits per heavy atom. The second-order valence-corrected chi connectivity index (χ2v) is 4.58. The van der Waals surface area contributed by atoms with Gasteiger partial charge in [0.1, 0.15) is 5.75 Å². The lowest BCUT2D eigenvalue weighted by molar-refractivity contribution is 0.0951.